The highest BCUT2D eigenvalue weighted by atomic mass is 35.5. The van der Waals surface area contributed by atoms with Crippen molar-refractivity contribution in [3.05, 3.63) is 77.9 Å². The number of carbonyl (C=O) groups is 1. The van der Waals surface area contributed by atoms with Gasteiger partial charge in [-0.05, 0) is 35.4 Å². The summed E-state index contributed by atoms with van der Waals surface area (Å²) in [5.41, 5.74) is 1.12. The summed E-state index contributed by atoms with van der Waals surface area (Å²) in [7, 11) is 0. The number of hydrogen-bond donors (Lipinski definition) is 1. The van der Waals surface area contributed by atoms with E-state index >= 15 is 0 Å². The van der Waals surface area contributed by atoms with Crippen molar-refractivity contribution in [3.63, 3.8) is 0 Å². The average Bonchev–Trinajstić information content (AvgIpc) is 2.74. The fourth-order valence-electron chi connectivity index (χ4n) is 3.73. The maximum absolute atomic E-state index is 14.1. The van der Waals surface area contributed by atoms with Gasteiger partial charge < -0.3 is 15.0 Å². The largest absolute Gasteiger partial charge is 0.365 e. The van der Waals surface area contributed by atoms with Gasteiger partial charge in [-0.2, -0.15) is 0 Å². The molecule has 7 heteroatoms. The number of nitrogens with one attached hydrogen (secondary N) is 1. The van der Waals surface area contributed by atoms with E-state index in [2.05, 4.69) is 36.5 Å². The van der Waals surface area contributed by atoms with Crippen LogP contribution in [0.2, 0.25) is 0 Å². The van der Waals surface area contributed by atoms with E-state index in [0.717, 1.165) is 6.07 Å². The van der Waals surface area contributed by atoms with Crippen LogP contribution in [0.5, 0.6) is 0 Å². The molecular weight excluding hydrogens is 410 g/mol. The molecule has 0 saturated carbocycles. The minimum atomic E-state index is -1.02. The molecule has 3 aromatic carbocycles. The number of ether oxygens (including phenoxy) is 1. The van der Waals surface area contributed by atoms with Gasteiger partial charge in [0, 0.05) is 12.6 Å². The minimum absolute atomic E-state index is 0. The summed E-state index contributed by atoms with van der Waals surface area (Å²) in [6.45, 7) is 2.55. The number of benzene rings is 3. The van der Waals surface area contributed by atoms with Gasteiger partial charge in [0.1, 0.15) is 6.61 Å². The Hall–Kier alpha value is -2.54. The SMILES string of the molecule is C[C@@H](NCC1CN(c2cccc(F)c2F)C(=O)CO1)c1cccc2ccccc12.Cl. The van der Waals surface area contributed by atoms with Gasteiger partial charge in [-0.15, -0.1) is 12.4 Å². The van der Waals surface area contributed by atoms with Crippen LogP contribution in [0.15, 0.2) is 60.7 Å². The van der Waals surface area contributed by atoms with Gasteiger partial charge in [0.25, 0.3) is 5.91 Å². The van der Waals surface area contributed by atoms with Crippen LogP contribution in [-0.4, -0.2) is 31.7 Å². The second kappa shape index (κ2) is 9.51. The van der Waals surface area contributed by atoms with Gasteiger partial charge >= 0.3 is 0 Å². The standard InChI is InChI=1S/C23H22F2N2O2.ClH/c1-15(18-9-4-7-16-6-2-3-8-19(16)18)26-12-17-13-27(22(28)14-29-17)21-11-5-10-20(24)23(21)25;/h2-11,15,17,26H,12-14H2,1H3;1H/t15-,17?;/m1./s1. The number of morpholine rings is 1. The van der Waals surface area contributed by atoms with Crippen LogP contribution in [0, 0.1) is 11.6 Å². The molecule has 1 aliphatic rings. The maximum Gasteiger partial charge on any atom is 0.253 e. The summed E-state index contributed by atoms with van der Waals surface area (Å²) in [6, 6.07) is 18.3. The van der Waals surface area contributed by atoms with E-state index in [-0.39, 0.29) is 49.3 Å². The Morgan fingerprint density at radius 3 is 2.67 bits per heavy atom. The first kappa shape index (κ1) is 22.2. The van der Waals surface area contributed by atoms with Gasteiger partial charge in [-0.3, -0.25) is 4.79 Å². The summed E-state index contributed by atoms with van der Waals surface area (Å²) in [4.78, 5) is 13.5. The molecule has 1 N–H and O–H groups in total. The number of fused-ring (bicyclic) bond motifs is 1. The minimum Gasteiger partial charge on any atom is -0.365 e. The van der Waals surface area contributed by atoms with Crippen LogP contribution >= 0.6 is 12.4 Å². The topological polar surface area (TPSA) is 41.6 Å². The lowest BCUT2D eigenvalue weighted by atomic mass is 9.99. The Morgan fingerprint density at radius 1 is 1.10 bits per heavy atom. The molecule has 3 aromatic rings. The third-order valence-electron chi connectivity index (χ3n) is 5.29. The molecule has 30 heavy (non-hydrogen) atoms. The van der Waals surface area contributed by atoms with Gasteiger partial charge in [0.2, 0.25) is 0 Å². The molecule has 158 valence electrons. The first-order valence-corrected chi connectivity index (χ1v) is 9.61. The van der Waals surface area contributed by atoms with E-state index in [4.69, 9.17) is 4.74 Å². The molecule has 1 amide bonds. The fraction of sp³-hybridized carbons (Fsp3) is 0.261. The summed E-state index contributed by atoms with van der Waals surface area (Å²) < 4.78 is 33.3. The predicted octanol–water partition coefficient (Wildman–Crippen LogP) is 4.62. The van der Waals surface area contributed by atoms with E-state index < -0.39 is 11.6 Å². The molecule has 1 aliphatic heterocycles. The first-order chi connectivity index (χ1) is 14.0. The summed E-state index contributed by atoms with van der Waals surface area (Å²) >= 11 is 0. The molecule has 1 saturated heterocycles. The third kappa shape index (κ3) is 4.46. The number of nitrogens with zero attached hydrogens (tertiary/aromatic N) is 1. The zero-order valence-corrected chi connectivity index (χ0v) is 17.3. The summed E-state index contributed by atoms with van der Waals surface area (Å²) in [5.74, 6) is -2.37. The van der Waals surface area contributed by atoms with E-state index in [9.17, 15) is 13.6 Å². The summed E-state index contributed by atoms with van der Waals surface area (Å²) in [5, 5.41) is 5.79. The van der Waals surface area contributed by atoms with Crippen LogP contribution in [0.1, 0.15) is 18.5 Å². The normalized spacial score (nSPS) is 17.6. The van der Waals surface area contributed by atoms with Crippen LogP contribution in [0.25, 0.3) is 10.8 Å². The molecular formula is C23H23ClF2N2O2. The Kier molecular flexibility index (Phi) is 7.02. The zero-order valence-electron chi connectivity index (χ0n) is 16.5. The smallest absolute Gasteiger partial charge is 0.253 e. The van der Waals surface area contributed by atoms with Crippen molar-refractivity contribution in [2.24, 2.45) is 0 Å². The first-order valence-electron chi connectivity index (χ1n) is 9.61. The molecule has 4 nitrogen and oxygen atoms in total. The monoisotopic (exact) mass is 432 g/mol. The van der Waals surface area contributed by atoms with Crippen LogP contribution in [0.4, 0.5) is 14.5 Å². The Morgan fingerprint density at radius 2 is 1.83 bits per heavy atom. The second-order valence-corrected chi connectivity index (χ2v) is 7.21. The predicted molar refractivity (Wildman–Crippen MR) is 116 cm³/mol. The Balaban J connectivity index is 0.00000256. The number of anilines is 1. The fourth-order valence-corrected chi connectivity index (χ4v) is 3.73. The third-order valence-corrected chi connectivity index (χ3v) is 5.29. The second-order valence-electron chi connectivity index (χ2n) is 7.21. The Labute approximate surface area is 180 Å². The maximum atomic E-state index is 14.1. The molecule has 1 heterocycles. The highest BCUT2D eigenvalue weighted by Gasteiger charge is 2.30. The molecule has 0 bridgehead atoms. The van der Waals surface area contributed by atoms with Crippen molar-refractivity contribution >= 4 is 34.8 Å². The van der Waals surface area contributed by atoms with E-state index in [0.29, 0.717) is 6.54 Å². The van der Waals surface area contributed by atoms with Gasteiger partial charge in [-0.1, -0.05) is 48.5 Å². The zero-order chi connectivity index (χ0) is 20.4. The van der Waals surface area contributed by atoms with Crippen LogP contribution < -0.4 is 10.2 Å². The highest BCUT2D eigenvalue weighted by molar-refractivity contribution is 5.95. The lowest BCUT2D eigenvalue weighted by molar-refractivity contribution is -0.129. The van der Waals surface area contributed by atoms with Crippen molar-refractivity contribution in [2.45, 2.75) is 19.1 Å². The van der Waals surface area contributed by atoms with Crippen molar-refractivity contribution in [2.75, 3.05) is 24.6 Å². The molecule has 0 aromatic heterocycles. The van der Waals surface area contributed by atoms with Gasteiger partial charge in [0.15, 0.2) is 11.6 Å². The molecule has 4 rings (SSSR count). The molecule has 1 unspecified atom stereocenters. The molecule has 2 atom stereocenters. The number of amides is 1. The molecule has 1 fully saturated rings. The molecule has 0 aliphatic carbocycles. The molecule has 0 spiro atoms. The lowest BCUT2D eigenvalue weighted by Crippen LogP contribution is -2.50. The lowest BCUT2D eigenvalue weighted by Gasteiger charge is -2.33. The van der Waals surface area contributed by atoms with Crippen molar-refractivity contribution in [1.29, 1.82) is 0 Å². The van der Waals surface area contributed by atoms with Crippen LogP contribution in [0.3, 0.4) is 0 Å². The summed E-state index contributed by atoms with van der Waals surface area (Å²) in [6.07, 6.45) is -0.326. The highest BCUT2D eigenvalue weighted by Crippen LogP contribution is 2.26. The van der Waals surface area contributed by atoms with Gasteiger partial charge in [0.05, 0.1) is 18.3 Å². The van der Waals surface area contributed by atoms with Crippen LogP contribution in [-0.2, 0) is 9.53 Å². The van der Waals surface area contributed by atoms with E-state index in [1.54, 1.807) is 0 Å². The number of carbonyl (C=O) groups excluding carboxylic acids is 1. The van der Waals surface area contributed by atoms with E-state index in [1.165, 1.54) is 33.4 Å². The average molecular weight is 433 g/mol. The van der Waals surface area contributed by atoms with E-state index in [1.807, 2.05) is 18.2 Å². The number of rotatable bonds is 5. The molecule has 0 radical (unpaired) electrons. The number of hydrogen-bond acceptors (Lipinski definition) is 3. The van der Waals surface area contributed by atoms with Crippen molar-refractivity contribution in [3.8, 4) is 0 Å². The quantitative estimate of drug-likeness (QED) is 0.639. The Bertz CT molecular complexity index is 1040. The van der Waals surface area contributed by atoms with Gasteiger partial charge in [-0.25, -0.2) is 8.78 Å². The van der Waals surface area contributed by atoms with Crippen molar-refractivity contribution in [1.82, 2.24) is 5.32 Å². The van der Waals surface area contributed by atoms with Crippen molar-refractivity contribution < 1.29 is 18.3 Å². The number of halogens is 3.